The maximum atomic E-state index is 12.9. The number of nitrogens with one attached hydrogen (secondary N) is 1. The molecule has 0 saturated carbocycles. The molecule has 1 atom stereocenters. The standard InChI is InChI=1S/C15H16N2O5S2/c18-11-1-3-12(4-2-11)24(21,22)17-7-5-10-6-8-23-14(10)9-13(17)15(19)16-20/h1-4,6,8,13,18,20H,5,7,9H2,(H,16,19). The van der Waals surface area contributed by atoms with Crippen LogP contribution in [0.25, 0.3) is 0 Å². The number of sulfonamides is 1. The lowest BCUT2D eigenvalue weighted by molar-refractivity contribution is -0.133. The Morgan fingerprint density at radius 3 is 2.62 bits per heavy atom. The van der Waals surface area contributed by atoms with E-state index in [0.717, 1.165) is 14.7 Å². The Hall–Kier alpha value is -1.94. The van der Waals surface area contributed by atoms with Crippen LogP contribution in [0.3, 0.4) is 0 Å². The van der Waals surface area contributed by atoms with Crippen LogP contribution in [-0.4, -0.2) is 41.5 Å². The molecule has 2 aromatic rings. The number of hydrogen-bond acceptors (Lipinski definition) is 6. The molecule has 2 heterocycles. The number of hydrogen-bond donors (Lipinski definition) is 3. The van der Waals surface area contributed by atoms with Gasteiger partial charge in [-0.2, -0.15) is 4.31 Å². The lowest BCUT2D eigenvalue weighted by Gasteiger charge is -2.27. The average molecular weight is 368 g/mol. The second kappa shape index (κ2) is 6.52. The number of phenolic OH excluding ortho intramolecular Hbond substituents is 1. The largest absolute Gasteiger partial charge is 0.508 e. The third-order valence-electron chi connectivity index (χ3n) is 4.02. The maximum absolute atomic E-state index is 12.9. The number of hydroxylamine groups is 1. The highest BCUT2D eigenvalue weighted by Crippen LogP contribution is 2.29. The summed E-state index contributed by atoms with van der Waals surface area (Å²) in [6.45, 7) is 0.130. The van der Waals surface area contributed by atoms with Crippen molar-refractivity contribution in [3.05, 3.63) is 46.2 Å². The normalized spacial score (nSPS) is 18.6. The summed E-state index contributed by atoms with van der Waals surface area (Å²) in [6.07, 6.45) is 0.696. The van der Waals surface area contributed by atoms with Crippen LogP contribution < -0.4 is 5.48 Å². The van der Waals surface area contributed by atoms with E-state index >= 15 is 0 Å². The first kappa shape index (κ1) is 16.9. The van der Waals surface area contributed by atoms with Gasteiger partial charge < -0.3 is 5.11 Å². The van der Waals surface area contributed by atoms with Gasteiger partial charge in [0.1, 0.15) is 11.8 Å². The van der Waals surface area contributed by atoms with E-state index in [0.29, 0.717) is 6.42 Å². The zero-order chi connectivity index (χ0) is 17.3. The van der Waals surface area contributed by atoms with Gasteiger partial charge in [-0.25, -0.2) is 13.9 Å². The van der Waals surface area contributed by atoms with E-state index in [4.69, 9.17) is 5.21 Å². The number of aromatic hydroxyl groups is 1. The molecular weight excluding hydrogens is 352 g/mol. The third kappa shape index (κ3) is 3.03. The number of phenols is 1. The molecule has 0 aliphatic carbocycles. The van der Waals surface area contributed by atoms with E-state index in [2.05, 4.69) is 0 Å². The molecule has 1 aliphatic heterocycles. The Bertz CT molecular complexity index is 845. The van der Waals surface area contributed by atoms with Crippen molar-refractivity contribution in [2.45, 2.75) is 23.8 Å². The molecule has 1 aliphatic rings. The van der Waals surface area contributed by atoms with Crippen molar-refractivity contribution in [1.82, 2.24) is 9.79 Å². The van der Waals surface area contributed by atoms with Crippen LogP contribution in [0.2, 0.25) is 0 Å². The Balaban J connectivity index is 2.01. The molecule has 9 heteroatoms. The Morgan fingerprint density at radius 2 is 1.96 bits per heavy atom. The predicted molar refractivity (Wildman–Crippen MR) is 87.4 cm³/mol. The molecule has 0 fully saturated rings. The topological polar surface area (TPSA) is 107 Å². The molecule has 0 bridgehead atoms. The lowest BCUT2D eigenvalue weighted by atomic mass is 10.1. The molecule has 1 aromatic carbocycles. The van der Waals surface area contributed by atoms with Crippen molar-refractivity contribution >= 4 is 27.3 Å². The summed E-state index contributed by atoms with van der Waals surface area (Å²) in [4.78, 5) is 13.0. The zero-order valence-electron chi connectivity index (χ0n) is 12.5. The van der Waals surface area contributed by atoms with E-state index in [1.54, 1.807) is 5.48 Å². The van der Waals surface area contributed by atoms with Gasteiger partial charge in [-0.15, -0.1) is 11.3 Å². The molecule has 128 valence electrons. The highest BCUT2D eigenvalue weighted by atomic mass is 32.2. The van der Waals surface area contributed by atoms with Gasteiger partial charge in [0.05, 0.1) is 4.90 Å². The van der Waals surface area contributed by atoms with E-state index < -0.39 is 22.0 Å². The fourth-order valence-corrected chi connectivity index (χ4v) is 5.33. The van der Waals surface area contributed by atoms with Gasteiger partial charge in [0, 0.05) is 17.8 Å². The first-order valence-electron chi connectivity index (χ1n) is 7.23. The molecule has 0 saturated heterocycles. The molecule has 0 spiro atoms. The molecule has 1 amide bonds. The SMILES string of the molecule is O=C(NO)C1Cc2sccc2CCN1S(=O)(=O)c1ccc(O)cc1. The molecule has 3 rings (SSSR count). The number of rotatable bonds is 3. The summed E-state index contributed by atoms with van der Waals surface area (Å²) in [5, 5.41) is 20.3. The summed E-state index contributed by atoms with van der Waals surface area (Å²) >= 11 is 1.46. The van der Waals surface area contributed by atoms with Crippen LogP contribution in [-0.2, 0) is 27.7 Å². The average Bonchev–Trinajstić information content (AvgIpc) is 2.92. The lowest BCUT2D eigenvalue weighted by Crippen LogP contribution is -2.49. The number of carbonyl (C=O) groups excluding carboxylic acids is 1. The van der Waals surface area contributed by atoms with Crippen molar-refractivity contribution in [3.63, 3.8) is 0 Å². The summed E-state index contributed by atoms with van der Waals surface area (Å²) < 4.78 is 27.0. The first-order chi connectivity index (χ1) is 11.4. The van der Waals surface area contributed by atoms with Crippen molar-refractivity contribution in [2.24, 2.45) is 0 Å². The minimum atomic E-state index is -3.95. The van der Waals surface area contributed by atoms with Crippen molar-refractivity contribution in [3.8, 4) is 5.75 Å². The number of amides is 1. The monoisotopic (exact) mass is 368 g/mol. The van der Waals surface area contributed by atoms with E-state index in [1.807, 2.05) is 11.4 Å². The number of thiophene rings is 1. The van der Waals surface area contributed by atoms with Gasteiger partial charge in [-0.05, 0) is 47.7 Å². The molecule has 1 unspecified atom stereocenters. The molecule has 7 nitrogen and oxygen atoms in total. The highest BCUT2D eigenvalue weighted by molar-refractivity contribution is 7.89. The van der Waals surface area contributed by atoms with Crippen molar-refractivity contribution < 1.29 is 23.5 Å². The summed E-state index contributed by atoms with van der Waals surface area (Å²) in [5.41, 5.74) is 2.58. The quantitative estimate of drug-likeness (QED) is 0.556. The van der Waals surface area contributed by atoms with E-state index in [1.165, 1.54) is 35.6 Å². The molecule has 0 radical (unpaired) electrons. The van der Waals surface area contributed by atoms with E-state index in [9.17, 15) is 18.3 Å². The second-order valence-corrected chi connectivity index (χ2v) is 8.32. The fraction of sp³-hybridized carbons (Fsp3) is 0.267. The van der Waals surface area contributed by atoms with Crippen LogP contribution >= 0.6 is 11.3 Å². The van der Waals surface area contributed by atoms with Crippen molar-refractivity contribution in [2.75, 3.05) is 6.54 Å². The van der Waals surface area contributed by atoms with Crippen LogP contribution in [0, 0.1) is 0 Å². The van der Waals surface area contributed by atoms with Crippen LogP contribution in [0.1, 0.15) is 10.4 Å². The number of nitrogens with zero attached hydrogens (tertiary/aromatic N) is 1. The molecule has 3 N–H and O–H groups in total. The fourth-order valence-electron chi connectivity index (χ4n) is 2.77. The number of fused-ring (bicyclic) bond motifs is 1. The van der Waals surface area contributed by atoms with Gasteiger partial charge in [-0.1, -0.05) is 0 Å². The predicted octanol–water partition coefficient (Wildman–Crippen LogP) is 1.12. The summed E-state index contributed by atoms with van der Waals surface area (Å²) in [6, 6.07) is 6.03. The van der Waals surface area contributed by atoms with Gasteiger partial charge in [0.15, 0.2) is 0 Å². The minimum Gasteiger partial charge on any atom is -0.508 e. The van der Waals surface area contributed by atoms with Gasteiger partial charge in [-0.3, -0.25) is 10.0 Å². The molecule has 24 heavy (non-hydrogen) atoms. The van der Waals surface area contributed by atoms with Crippen LogP contribution in [0.15, 0.2) is 40.6 Å². The van der Waals surface area contributed by atoms with Gasteiger partial charge in [0.2, 0.25) is 10.0 Å². The maximum Gasteiger partial charge on any atom is 0.262 e. The Kier molecular flexibility index (Phi) is 4.59. The Morgan fingerprint density at radius 1 is 1.25 bits per heavy atom. The third-order valence-corrected chi connectivity index (χ3v) is 6.93. The first-order valence-corrected chi connectivity index (χ1v) is 9.55. The van der Waals surface area contributed by atoms with Crippen LogP contribution in [0.4, 0.5) is 0 Å². The van der Waals surface area contributed by atoms with Gasteiger partial charge in [0.25, 0.3) is 5.91 Å². The van der Waals surface area contributed by atoms with E-state index in [-0.39, 0.29) is 23.6 Å². The second-order valence-electron chi connectivity index (χ2n) is 5.42. The molecule has 1 aromatic heterocycles. The number of benzene rings is 1. The smallest absolute Gasteiger partial charge is 0.262 e. The summed E-state index contributed by atoms with van der Waals surface area (Å²) in [5.74, 6) is -0.810. The zero-order valence-corrected chi connectivity index (χ0v) is 14.2. The highest BCUT2D eigenvalue weighted by Gasteiger charge is 2.38. The Labute approximate surface area is 143 Å². The summed E-state index contributed by atoms with van der Waals surface area (Å²) in [7, 11) is -3.95. The minimum absolute atomic E-state index is 0.0127. The van der Waals surface area contributed by atoms with Gasteiger partial charge >= 0.3 is 0 Å². The van der Waals surface area contributed by atoms with Crippen LogP contribution in [0.5, 0.6) is 5.75 Å². The molecular formula is C15H16N2O5S2. The van der Waals surface area contributed by atoms with Crippen molar-refractivity contribution in [1.29, 1.82) is 0 Å². The number of carbonyl (C=O) groups is 1.